The molecule has 0 saturated heterocycles. The quantitative estimate of drug-likeness (QED) is 0.195. The smallest absolute Gasteiger partial charge is 0.271 e. The first-order valence-corrected chi connectivity index (χ1v) is 15.7. The van der Waals surface area contributed by atoms with Gasteiger partial charge < -0.3 is 9.47 Å². The van der Waals surface area contributed by atoms with E-state index in [4.69, 9.17) is 26.1 Å². The van der Waals surface area contributed by atoms with Crippen LogP contribution in [-0.2, 0) is 13.0 Å². The Bertz CT molecular complexity index is 2080. The second kappa shape index (κ2) is 11.9. The highest BCUT2D eigenvalue weighted by Crippen LogP contribution is 2.41. The number of aryl methyl sites for hydroxylation is 1. The van der Waals surface area contributed by atoms with Crippen LogP contribution in [0, 0.1) is 5.82 Å². The molecule has 0 fully saturated rings. The Morgan fingerprint density at radius 3 is 2.57 bits per heavy atom. The Balaban J connectivity index is 1.30. The van der Waals surface area contributed by atoms with Gasteiger partial charge in [0.1, 0.15) is 12.4 Å². The molecule has 1 atom stereocenters. The maximum atomic E-state index is 14.1. The molecule has 5 aromatic rings. The number of benzene rings is 4. The zero-order valence-corrected chi connectivity index (χ0v) is 25.5. The molecular weight excluding hydrogens is 595 g/mol. The molecule has 1 aromatic heterocycles. The van der Waals surface area contributed by atoms with Crippen molar-refractivity contribution in [2.24, 2.45) is 4.99 Å². The fourth-order valence-electron chi connectivity index (χ4n) is 5.86. The fourth-order valence-corrected chi connectivity index (χ4v) is 6.99. The van der Waals surface area contributed by atoms with Crippen molar-refractivity contribution in [3.63, 3.8) is 0 Å². The van der Waals surface area contributed by atoms with Crippen LogP contribution in [-0.4, -0.2) is 11.2 Å². The molecule has 5 nitrogen and oxygen atoms in total. The monoisotopic (exact) mass is 622 g/mol. The Morgan fingerprint density at radius 1 is 0.977 bits per heavy atom. The second-order valence-corrected chi connectivity index (χ2v) is 12.2. The van der Waals surface area contributed by atoms with E-state index in [1.807, 2.05) is 67.6 Å². The van der Waals surface area contributed by atoms with Gasteiger partial charge in [-0.3, -0.25) is 9.36 Å². The van der Waals surface area contributed by atoms with Crippen molar-refractivity contribution in [2.75, 3.05) is 6.61 Å². The largest absolute Gasteiger partial charge is 0.490 e. The molecule has 2 aliphatic rings. The molecule has 1 unspecified atom stereocenters. The number of hydrogen-bond acceptors (Lipinski definition) is 5. The van der Waals surface area contributed by atoms with Crippen LogP contribution < -0.4 is 24.4 Å². The van der Waals surface area contributed by atoms with Crippen LogP contribution in [0.15, 0.2) is 106 Å². The van der Waals surface area contributed by atoms with Gasteiger partial charge in [0.2, 0.25) is 0 Å². The summed E-state index contributed by atoms with van der Waals surface area (Å²) in [5, 5.41) is 0.673. The Kier molecular flexibility index (Phi) is 7.66. The number of rotatable bonds is 7. The van der Waals surface area contributed by atoms with Gasteiger partial charge in [-0.25, -0.2) is 9.38 Å². The predicted octanol–water partition coefficient (Wildman–Crippen LogP) is 7.09. The number of allylic oxidation sites excluding steroid dienone is 1. The normalized spacial score (nSPS) is 15.7. The van der Waals surface area contributed by atoms with Gasteiger partial charge in [-0.2, -0.15) is 0 Å². The average molecular weight is 623 g/mol. The van der Waals surface area contributed by atoms with Crippen LogP contribution in [0.25, 0.3) is 11.8 Å². The lowest BCUT2D eigenvalue weighted by atomic mass is 9.83. The minimum atomic E-state index is -0.361. The molecule has 4 aromatic carbocycles. The van der Waals surface area contributed by atoms with Crippen LogP contribution in [0.2, 0.25) is 5.02 Å². The summed E-state index contributed by atoms with van der Waals surface area (Å²) in [4.78, 5) is 19.8. The molecule has 0 spiro atoms. The van der Waals surface area contributed by atoms with Gasteiger partial charge >= 0.3 is 0 Å². The molecule has 44 heavy (non-hydrogen) atoms. The van der Waals surface area contributed by atoms with Crippen molar-refractivity contribution in [2.45, 2.75) is 32.4 Å². The summed E-state index contributed by atoms with van der Waals surface area (Å²) in [6, 6.07) is 27.5. The van der Waals surface area contributed by atoms with E-state index in [0.717, 1.165) is 46.4 Å². The predicted molar refractivity (Wildman–Crippen MR) is 173 cm³/mol. The van der Waals surface area contributed by atoms with Gasteiger partial charge in [0, 0.05) is 10.6 Å². The first kappa shape index (κ1) is 28.3. The SMILES string of the molecule is CCOc1cc(/C=c2\sc3n(c2=O)C(c2ccc(F)cc2)C2=C(N=3)c3ccccc3CC2)ccc1OCc1ccc(Cl)cc1. The van der Waals surface area contributed by atoms with E-state index in [2.05, 4.69) is 12.1 Å². The van der Waals surface area contributed by atoms with Crippen LogP contribution in [0.3, 0.4) is 0 Å². The summed E-state index contributed by atoms with van der Waals surface area (Å²) >= 11 is 7.37. The second-order valence-electron chi connectivity index (χ2n) is 10.7. The first-order chi connectivity index (χ1) is 21.5. The molecule has 0 radical (unpaired) electrons. The van der Waals surface area contributed by atoms with Gasteiger partial charge in [-0.05, 0) is 90.1 Å². The molecule has 1 aliphatic carbocycles. The maximum Gasteiger partial charge on any atom is 0.271 e. The molecule has 0 saturated carbocycles. The molecule has 8 heteroatoms. The van der Waals surface area contributed by atoms with Crippen LogP contribution in [0.4, 0.5) is 4.39 Å². The van der Waals surface area contributed by atoms with Crippen molar-refractivity contribution >= 4 is 34.7 Å². The van der Waals surface area contributed by atoms with Gasteiger partial charge in [0.25, 0.3) is 5.56 Å². The number of nitrogens with zero attached hydrogens (tertiary/aromatic N) is 2. The lowest BCUT2D eigenvalue weighted by Crippen LogP contribution is -2.38. The third-order valence-corrected chi connectivity index (χ3v) is 9.17. The van der Waals surface area contributed by atoms with Crippen molar-refractivity contribution in [3.05, 3.63) is 155 Å². The summed E-state index contributed by atoms with van der Waals surface area (Å²) in [6.07, 6.45) is 3.50. The van der Waals surface area contributed by atoms with Crippen molar-refractivity contribution in [1.29, 1.82) is 0 Å². The van der Waals surface area contributed by atoms with E-state index < -0.39 is 0 Å². The molecule has 0 bridgehead atoms. The van der Waals surface area contributed by atoms with Gasteiger partial charge in [-0.1, -0.05) is 77.5 Å². The van der Waals surface area contributed by atoms with E-state index in [9.17, 15) is 9.18 Å². The van der Waals surface area contributed by atoms with Crippen molar-refractivity contribution in [3.8, 4) is 11.5 Å². The molecule has 7 rings (SSSR count). The van der Waals surface area contributed by atoms with E-state index in [0.29, 0.717) is 39.1 Å². The van der Waals surface area contributed by atoms with Crippen LogP contribution in [0.1, 0.15) is 47.2 Å². The standard InChI is InChI=1S/C36H28ClFN2O3S/c1-2-42-31-19-23(9-18-30(31)43-21-22-7-13-26(37)14-8-22)20-32-35(41)40-34(25-10-15-27(38)16-11-25)29-17-12-24-5-3-4-6-28(24)33(29)39-36(40)44-32/h3-11,13-16,18-20,34H,2,12,17,21H2,1H3/b32-20-. The molecule has 1 aliphatic heterocycles. The number of ether oxygens (including phenoxy) is 2. The number of halogens is 2. The lowest BCUT2D eigenvalue weighted by molar-refractivity contribution is 0.269. The average Bonchev–Trinajstić information content (AvgIpc) is 3.35. The third kappa shape index (κ3) is 5.38. The van der Waals surface area contributed by atoms with Gasteiger partial charge in [0.15, 0.2) is 16.3 Å². The number of hydrogen-bond donors (Lipinski definition) is 0. The zero-order valence-electron chi connectivity index (χ0n) is 23.9. The van der Waals surface area contributed by atoms with Crippen LogP contribution >= 0.6 is 22.9 Å². The summed E-state index contributed by atoms with van der Waals surface area (Å²) in [7, 11) is 0. The topological polar surface area (TPSA) is 52.8 Å². The van der Waals surface area contributed by atoms with E-state index in [1.54, 1.807) is 16.7 Å². The minimum absolute atomic E-state index is 0.130. The Hall–Kier alpha value is -4.46. The summed E-state index contributed by atoms with van der Waals surface area (Å²) < 4.78 is 28.3. The summed E-state index contributed by atoms with van der Waals surface area (Å²) in [5.74, 6) is 0.900. The zero-order chi connectivity index (χ0) is 30.2. The molecule has 220 valence electrons. The molecule has 0 N–H and O–H groups in total. The highest BCUT2D eigenvalue weighted by atomic mass is 35.5. The van der Waals surface area contributed by atoms with E-state index in [-0.39, 0.29) is 17.4 Å². The van der Waals surface area contributed by atoms with E-state index in [1.165, 1.54) is 29.0 Å². The number of fused-ring (bicyclic) bond motifs is 3. The Morgan fingerprint density at radius 2 is 1.77 bits per heavy atom. The van der Waals surface area contributed by atoms with E-state index >= 15 is 0 Å². The molecular formula is C36H28ClFN2O3S. The number of thiazole rings is 1. The minimum Gasteiger partial charge on any atom is -0.490 e. The summed E-state index contributed by atoms with van der Waals surface area (Å²) in [6.45, 7) is 2.75. The number of aromatic nitrogens is 1. The third-order valence-electron chi connectivity index (χ3n) is 7.93. The van der Waals surface area contributed by atoms with Crippen molar-refractivity contribution < 1.29 is 13.9 Å². The lowest BCUT2D eigenvalue weighted by Gasteiger charge is -2.30. The fraction of sp³-hybridized carbons (Fsp3) is 0.167. The molecule has 2 heterocycles. The van der Waals surface area contributed by atoms with Gasteiger partial charge in [0.05, 0.1) is 22.9 Å². The highest BCUT2D eigenvalue weighted by Gasteiger charge is 2.32. The Labute approximate surface area is 262 Å². The highest BCUT2D eigenvalue weighted by molar-refractivity contribution is 7.07. The van der Waals surface area contributed by atoms with Gasteiger partial charge in [-0.15, -0.1) is 0 Å². The first-order valence-electron chi connectivity index (χ1n) is 14.5. The molecule has 0 amide bonds. The van der Waals surface area contributed by atoms with Crippen LogP contribution in [0.5, 0.6) is 11.5 Å². The summed E-state index contributed by atoms with van der Waals surface area (Å²) in [5.41, 5.74) is 6.86. The maximum absolute atomic E-state index is 14.1. The van der Waals surface area contributed by atoms with Crippen molar-refractivity contribution in [1.82, 2.24) is 4.57 Å².